The zero-order valence-electron chi connectivity index (χ0n) is 16.4. The number of aromatic nitrogens is 2. The van der Waals surface area contributed by atoms with Crippen molar-refractivity contribution in [3.63, 3.8) is 0 Å². The zero-order chi connectivity index (χ0) is 20.8. The van der Waals surface area contributed by atoms with Crippen molar-refractivity contribution in [2.24, 2.45) is 0 Å². The highest BCUT2D eigenvalue weighted by molar-refractivity contribution is 9.10. The first kappa shape index (κ1) is 21.4. The lowest BCUT2D eigenvalue weighted by molar-refractivity contribution is 0.0952. The molecule has 3 rings (SSSR count). The molecule has 1 N–H and O–H groups in total. The Hall–Kier alpha value is -2.31. The van der Waals surface area contributed by atoms with E-state index >= 15 is 0 Å². The normalized spacial score (nSPS) is 10.8. The lowest BCUT2D eigenvalue weighted by Crippen LogP contribution is -2.25. The second kappa shape index (κ2) is 9.94. The van der Waals surface area contributed by atoms with Crippen LogP contribution in [0.3, 0.4) is 0 Å². The van der Waals surface area contributed by atoms with Crippen molar-refractivity contribution in [2.45, 2.75) is 33.4 Å². The average molecular weight is 477 g/mol. The predicted molar refractivity (Wildman–Crippen MR) is 119 cm³/mol. The minimum absolute atomic E-state index is 0.0904. The van der Waals surface area contributed by atoms with Crippen molar-refractivity contribution < 1.29 is 9.53 Å². The van der Waals surface area contributed by atoms with E-state index in [-0.39, 0.29) is 5.91 Å². The molecule has 1 aromatic heterocycles. The summed E-state index contributed by atoms with van der Waals surface area (Å²) in [5.41, 5.74) is 3.49. The first-order chi connectivity index (χ1) is 13.9. The van der Waals surface area contributed by atoms with Crippen LogP contribution < -0.4 is 10.1 Å². The van der Waals surface area contributed by atoms with Crippen molar-refractivity contribution in [1.29, 1.82) is 0 Å². The largest absolute Gasteiger partial charge is 0.489 e. The van der Waals surface area contributed by atoms with E-state index in [9.17, 15) is 4.79 Å². The lowest BCUT2D eigenvalue weighted by atomic mass is 10.1. The van der Waals surface area contributed by atoms with E-state index in [0.29, 0.717) is 23.7 Å². The van der Waals surface area contributed by atoms with E-state index in [1.54, 1.807) is 12.1 Å². The first-order valence-electron chi connectivity index (χ1n) is 9.38. The van der Waals surface area contributed by atoms with Crippen LogP contribution >= 0.6 is 27.5 Å². The van der Waals surface area contributed by atoms with Gasteiger partial charge in [0.2, 0.25) is 0 Å². The number of carbonyl (C=O) groups is 1. The minimum Gasteiger partial charge on any atom is -0.489 e. The van der Waals surface area contributed by atoms with Gasteiger partial charge in [-0.05, 0) is 77.7 Å². The molecule has 1 heterocycles. The fourth-order valence-corrected chi connectivity index (χ4v) is 3.43. The molecule has 0 aliphatic carbocycles. The van der Waals surface area contributed by atoms with Gasteiger partial charge in [-0.25, -0.2) is 0 Å². The zero-order valence-corrected chi connectivity index (χ0v) is 18.8. The van der Waals surface area contributed by atoms with E-state index in [1.807, 2.05) is 55.1 Å². The van der Waals surface area contributed by atoms with E-state index in [4.69, 9.17) is 16.3 Å². The van der Waals surface area contributed by atoms with Crippen LogP contribution in [0.4, 0.5) is 0 Å². The minimum atomic E-state index is -0.0904. The molecule has 0 atom stereocenters. The van der Waals surface area contributed by atoms with Gasteiger partial charge in [-0.3, -0.25) is 9.48 Å². The van der Waals surface area contributed by atoms with Gasteiger partial charge in [0.05, 0.1) is 10.2 Å². The van der Waals surface area contributed by atoms with Gasteiger partial charge >= 0.3 is 0 Å². The Morgan fingerprint density at radius 2 is 2.07 bits per heavy atom. The van der Waals surface area contributed by atoms with Gasteiger partial charge in [0, 0.05) is 29.9 Å². The van der Waals surface area contributed by atoms with Crippen molar-refractivity contribution in [1.82, 2.24) is 15.1 Å². The van der Waals surface area contributed by atoms with E-state index in [1.165, 1.54) is 0 Å². The molecular weight excluding hydrogens is 454 g/mol. The van der Waals surface area contributed by atoms with Gasteiger partial charge in [-0.1, -0.05) is 23.7 Å². The number of benzene rings is 2. The molecule has 0 fully saturated rings. The number of amides is 1. The number of nitrogens with zero attached hydrogens (tertiary/aromatic N) is 2. The summed E-state index contributed by atoms with van der Waals surface area (Å²) in [5.74, 6) is 0.692. The molecule has 2 aromatic carbocycles. The fourth-order valence-electron chi connectivity index (χ4n) is 2.89. The van der Waals surface area contributed by atoms with E-state index < -0.39 is 0 Å². The molecule has 0 radical (unpaired) electrons. The number of hydrogen-bond donors (Lipinski definition) is 1. The smallest absolute Gasteiger partial charge is 0.251 e. The molecule has 0 spiro atoms. The molecule has 0 aliphatic rings. The predicted octanol–water partition coefficient (Wildman–Crippen LogP) is 5.31. The van der Waals surface area contributed by atoms with Gasteiger partial charge < -0.3 is 10.1 Å². The molecule has 5 nitrogen and oxygen atoms in total. The summed E-state index contributed by atoms with van der Waals surface area (Å²) in [6.07, 6.45) is 2.75. The molecule has 1 amide bonds. The molecule has 29 heavy (non-hydrogen) atoms. The summed E-state index contributed by atoms with van der Waals surface area (Å²) in [6.45, 7) is 5.62. The van der Waals surface area contributed by atoms with Gasteiger partial charge in [-0.2, -0.15) is 5.10 Å². The van der Waals surface area contributed by atoms with Gasteiger partial charge in [-0.15, -0.1) is 0 Å². The quantitative estimate of drug-likeness (QED) is 0.448. The lowest BCUT2D eigenvalue weighted by Gasteiger charge is -2.11. The highest BCUT2D eigenvalue weighted by Crippen LogP contribution is 2.23. The maximum absolute atomic E-state index is 12.4. The summed E-state index contributed by atoms with van der Waals surface area (Å²) < 4.78 is 8.74. The molecular formula is C22H23BrClN3O2. The molecule has 3 aromatic rings. The third kappa shape index (κ3) is 6.08. The summed E-state index contributed by atoms with van der Waals surface area (Å²) >= 11 is 9.43. The summed E-state index contributed by atoms with van der Waals surface area (Å²) in [4.78, 5) is 12.4. The van der Waals surface area contributed by atoms with Crippen LogP contribution in [0, 0.1) is 13.8 Å². The molecule has 0 aliphatic heterocycles. The number of rotatable bonds is 8. The standard InChI is InChI=1S/C22H23BrClN3O2/c1-15-11-19(24)7-8-21(15)29-14-17-5-3-6-18(12-17)22(28)25-9-4-10-27-13-20(23)16(2)26-27/h3,5-8,11-13H,4,9-10,14H2,1-2H3,(H,25,28). The van der Waals surface area contributed by atoms with Crippen molar-refractivity contribution >= 4 is 33.4 Å². The van der Waals surface area contributed by atoms with Crippen LogP contribution in [0.5, 0.6) is 5.75 Å². The van der Waals surface area contributed by atoms with Crippen molar-refractivity contribution in [2.75, 3.05) is 6.54 Å². The van der Waals surface area contributed by atoms with Gasteiger partial charge in [0.1, 0.15) is 12.4 Å². The summed E-state index contributed by atoms with van der Waals surface area (Å²) in [7, 11) is 0. The van der Waals surface area contributed by atoms with Crippen LogP contribution in [-0.4, -0.2) is 22.2 Å². The average Bonchev–Trinajstić information content (AvgIpc) is 3.02. The third-order valence-corrected chi connectivity index (χ3v) is 5.47. The number of hydrogen-bond acceptors (Lipinski definition) is 3. The highest BCUT2D eigenvalue weighted by atomic mass is 79.9. The van der Waals surface area contributed by atoms with Crippen LogP contribution in [0.2, 0.25) is 5.02 Å². The van der Waals surface area contributed by atoms with Gasteiger partial charge in [0.15, 0.2) is 0 Å². The summed E-state index contributed by atoms with van der Waals surface area (Å²) in [5, 5.41) is 8.03. The van der Waals surface area contributed by atoms with Crippen LogP contribution in [0.15, 0.2) is 53.1 Å². The Kier molecular flexibility index (Phi) is 7.34. The number of nitrogens with one attached hydrogen (secondary N) is 1. The van der Waals surface area contributed by atoms with E-state index in [0.717, 1.165) is 40.0 Å². The maximum Gasteiger partial charge on any atom is 0.251 e. The Labute approximate surface area is 184 Å². The molecule has 0 saturated heterocycles. The molecule has 0 unspecified atom stereocenters. The molecule has 7 heteroatoms. The summed E-state index contributed by atoms with van der Waals surface area (Å²) in [6, 6.07) is 13.0. The Bertz CT molecular complexity index is 984. The SMILES string of the molecule is Cc1cc(Cl)ccc1OCc1cccc(C(=O)NCCCn2cc(Br)c(C)n2)c1. The number of halogens is 2. The van der Waals surface area contributed by atoms with Crippen LogP contribution in [0.1, 0.15) is 33.6 Å². The molecule has 0 saturated carbocycles. The van der Waals surface area contributed by atoms with Crippen molar-refractivity contribution in [3.8, 4) is 5.75 Å². The Balaban J connectivity index is 1.49. The van der Waals surface area contributed by atoms with Gasteiger partial charge in [0.25, 0.3) is 5.91 Å². The number of carbonyl (C=O) groups excluding carboxylic acids is 1. The van der Waals surface area contributed by atoms with E-state index in [2.05, 4.69) is 26.3 Å². The highest BCUT2D eigenvalue weighted by Gasteiger charge is 2.08. The second-order valence-electron chi connectivity index (χ2n) is 6.83. The Morgan fingerprint density at radius 1 is 1.24 bits per heavy atom. The van der Waals surface area contributed by atoms with Crippen molar-refractivity contribution in [3.05, 3.63) is 80.5 Å². The Morgan fingerprint density at radius 3 is 2.79 bits per heavy atom. The van der Waals surface area contributed by atoms with Crippen LogP contribution in [-0.2, 0) is 13.2 Å². The van der Waals surface area contributed by atoms with Crippen LogP contribution in [0.25, 0.3) is 0 Å². The fraction of sp³-hybridized carbons (Fsp3) is 0.273. The number of ether oxygens (including phenoxy) is 1. The second-order valence-corrected chi connectivity index (χ2v) is 8.12. The third-order valence-electron chi connectivity index (χ3n) is 4.46. The molecule has 152 valence electrons. The monoisotopic (exact) mass is 475 g/mol. The molecule has 0 bridgehead atoms. The topological polar surface area (TPSA) is 56.1 Å². The first-order valence-corrected chi connectivity index (χ1v) is 10.5. The number of aryl methyl sites for hydroxylation is 3. The maximum atomic E-state index is 12.4.